The maximum Gasteiger partial charge on any atom is 0.326 e. The van der Waals surface area contributed by atoms with Crippen LogP contribution in [-0.4, -0.2) is 66.9 Å². The number of hydrogen-bond donors (Lipinski definition) is 7. The SMILES string of the molecule is C[C@H](CCC(=O)N[C@@H](Cc1ccc(O)c(O)c1)C(=O)O)[C@H]1CC[C@H]2[C@@H]3[C@H](O)[C@H](O)[C@@H]4C[C@H](O)CC[C@]4(C)[C@H]3CC[C@]12C. The van der Waals surface area contributed by atoms with E-state index in [9.17, 15) is 40.2 Å². The van der Waals surface area contributed by atoms with Crippen molar-refractivity contribution in [1.82, 2.24) is 5.32 Å². The highest BCUT2D eigenvalue weighted by Crippen LogP contribution is 2.68. The molecule has 234 valence electrons. The van der Waals surface area contributed by atoms with E-state index < -0.39 is 30.3 Å². The van der Waals surface area contributed by atoms with Crippen LogP contribution in [0.3, 0.4) is 0 Å². The van der Waals surface area contributed by atoms with Crippen LogP contribution in [0.15, 0.2) is 18.2 Å². The molecule has 0 radical (unpaired) electrons. The van der Waals surface area contributed by atoms with Crippen molar-refractivity contribution in [2.24, 2.45) is 46.3 Å². The molecular formula is C33H49NO8. The predicted octanol–water partition coefficient (Wildman–Crippen LogP) is 3.59. The van der Waals surface area contributed by atoms with Gasteiger partial charge in [-0.2, -0.15) is 0 Å². The zero-order chi connectivity index (χ0) is 30.6. The summed E-state index contributed by atoms with van der Waals surface area (Å²) in [4.78, 5) is 24.7. The zero-order valence-electron chi connectivity index (χ0n) is 25.1. The Balaban J connectivity index is 1.21. The van der Waals surface area contributed by atoms with E-state index in [4.69, 9.17) is 0 Å². The Hall–Kier alpha value is -2.36. The molecule has 5 rings (SSSR count). The number of phenolic OH excluding ortho intramolecular Hbond substituents is 2. The minimum Gasteiger partial charge on any atom is -0.504 e. The highest BCUT2D eigenvalue weighted by molar-refractivity contribution is 5.83. The standard InChI is InChI=1S/C33H49NO8/c1-17(4-9-27(38)34-24(31(41)42)14-18-5-8-25(36)26(37)15-18)20-6-7-21-28-22(11-13-32(20,21)2)33(3)12-10-19(35)16-23(33)29(39)30(28)40/h5,8,15,17,19-24,28-30,35-37,39-40H,4,6-7,9-14,16H2,1-3H3,(H,34,38)(H,41,42)/t17-,19-,20-,21+,22+,23+,24+,28+,29-,30+,32-,33-/m1/s1. The van der Waals surface area contributed by atoms with Gasteiger partial charge >= 0.3 is 5.97 Å². The van der Waals surface area contributed by atoms with E-state index in [1.807, 2.05) is 0 Å². The van der Waals surface area contributed by atoms with Crippen molar-refractivity contribution in [3.63, 3.8) is 0 Å². The number of carboxylic acid groups (broad SMARTS) is 1. The van der Waals surface area contributed by atoms with Crippen molar-refractivity contribution in [3.8, 4) is 11.5 Å². The first-order valence-corrected chi connectivity index (χ1v) is 15.8. The Bertz CT molecular complexity index is 1170. The Kier molecular flexibility index (Phi) is 8.60. The van der Waals surface area contributed by atoms with Crippen LogP contribution < -0.4 is 5.32 Å². The molecule has 12 atom stereocenters. The number of benzene rings is 1. The van der Waals surface area contributed by atoms with E-state index in [1.165, 1.54) is 18.2 Å². The lowest BCUT2D eigenvalue weighted by Crippen LogP contribution is -2.64. The first kappa shape index (κ1) is 31.1. The van der Waals surface area contributed by atoms with Crippen LogP contribution in [0.25, 0.3) is 0 Å². The zero-order valence-corrected chi connectivity index (χ0v) is 25.1. The maximum absolute atomic E-state index is 12.9. The topological polar surface area (TPSA) is 168 Å². The number of hydrogen-bond acceptors (Lipinski definition) is 7. The fourth-order valence-electron chi connectivity index (χ4n) is 10.2. The number of aromatic hydroxyl groups is 2. The molecule has 0 aliphatic heterocycles. The molecule has 0 unspecified atom stereocenters. The van der Waals surface area contributed by atoms with Crippen LogP contribution in [0, 0.1) is 46.3 Å². The van der Waals surface area contributed by atoms with Gasteiger partial charge in [0.15, 0.2) is 11.5 Å². The van der Waals surface area contributed by atoms with Crippen molar-refractivity contribution in [1.29, 1.82) is 0 Å². The van der Waals surface area contributed by atoms with Crippen LogP contribution >= 0.6 is 0 Å². The molecule has 1 amide bonds. The normalized spacial score (nSPS) is 40.7. The monoisotopic (exact) mass is 587 g/mol. The maximum atomic E-state index is 12.9. The van der Waals surface area contributed by atoms with Gasteiger partial charge in [0.1, 0.15) is 6.04 Å². The molecule has 0 aromatic heterocycles. The molecule has 4 aliphatic carbocycles. The molecule has 0 heterocycles. The molecule has 4 saturated carbocycles. The number of aliphatic hydroxyl groups excluding tert-OH is 3. The number of carbonyl (C=O) groups is 2. The largest absolute Gasteiger partial charge is 0.504 e. The number of rotatable bonds is 8. The van der Waals surface area contributed by atoms with Crippen molar-refractivity contribution < 1.29 is 40.2 Å². The van der Waals surface area contributed by atoms with Gasteiger partial charge in [-0.15, -0.1) is 0 Å². The van der Waals surface area contributed by atoms with Crippen LogP contribution in [0.2, 0.25) is 0 Å². The highest BCUT2D eigenvalue weighted by Gasteiger charge is 2.65. The van der Waals surface area contributed by atoms with Gasteiger partial charge in [0, 0.05) is 12.8 Å². The molecule has 1 aromatic rings. The van der Waals surface area contributed by atoms with Gasteiger partial charge in [-0.05, 0) is 115 Å². The lowest BCUT2D eigenvalue weighted by Gasteiger charge is -2.63. The average molecular weight is 588 g/mol. The summed E-state index contributed by atoms with van der Waals surface area (Å²) < 4.78 is 0. The minimum absolute atomic E-state index is 0.000389. The van der Waals surface area contributed by atoms with Crippen molar-refractivity contribution in [3.05, 3.63) is 23.8 Å². The molecule has 0 saturated heterocycles. The molecule has 7 N–H and O–H groups in total. The summed E-state index contributed by atoms with van der Waals surface area (Å²) in [6, 6.07) is 2.96. The molecule has 0 spiro atoms. The van der Waals surface area contributed by atoms with E-state index in [1.54, 1.807) is 0 Å². The third-order valence-electron chi connectivity index (χ3n) is 12.4. The molecule has 9 heteroatoms. The summed E-state index contributed by atoms with van der Waals surface area (Å²) in [6.45, 7) is 6.80. The Morgan fingerprint density at radius 1 is 0.929 bits per heavy atom. The third kappa shape index (κ3) is 5.41. The number of aliphatic carboxylic acids is 1. The number of nitrogens with one attached hydrogen (secondary N) is 1. The van der Waals surface area contributed by atoms with Crippen LogP contribution in [0.5, 0.6) is 11.5 Å². The minimum atomic E-state index is -1.16. The number of aliphatic hydroxyl groups is 3. The summed E-state index contributed by atoms with van der Waals surface area (Å²) >= 11 is 0. The first-order chi connectivity index (χ1) is 19.8. The fraction of sp³-hybridized carbons (Fsp3) is 0.758. The smallest absolute Gasteiger partial charge is 0.326 e. The van der Waals surface area contributed by atoms with Gasteiger partial charge in [-0.1, -0.05) is 26.8 Å². The predicted molar refractivity (Wildman–Crippen MR) is 155 cm³/mol. The van der Waals surface area contributed by atoms with E-state index in [-0.39, 0.29) is 58.8 Å². The first-order valence-electron chi connectivity index (χ1n) is 15.8. The van der Waals surface area contributed by atoms with Crippen LogP contribution in [0.1, 0.15) is 84.1 Å². The fourth-order valence-corrected chi connectivity index (χ4v) is 10.2. The summed E-state index contributed by atoms with van der Waals surface area (Å²) in [5.41, 5.74) is 0.414. The van der Waals surface area contributed by atoms with Gasteiger partial charge in [-0.25, -0.2) is 4.79 Å². The summed E-state index contributed by atoms with van der Waals surface area (Å²) in [6.07, 6.45) is 5.06. The Morgan fingerprint density at radius 3 is 2.31 bits per heavy atom. The number of fused-ring (bicyclic) bond motifs is 5. The van der Waals surface area contributed by atoms with Crippen molar-refractivity contribution in [2.45, 2.75) is 109 Å². The van der Waals surface area contributed by atoms with E-state index in [2.05, 4.69) is 26.1 Å². The molecule has 9 nitrogen and oxygen atoms in total. The lowest BCUT2D eigenvalue weighted by atomic mass is 9.43. The van der Waals surface area contributed by atoms with Crippen molar-refractivity contribution >= 4 is 11.9 Å². The molecule has 42 heavy (non-hydrogen) atoms. The Labute approximate surface area is 248 Å². The van der Waals surface area contributed by atoms with E-state index >= 15 is 0 Å². The number of phenols is 2. The van der Waals surface area contributed by atoms with E-state index in [0.29, 0.717) is 36.2 Å². The Morgan fingerprint density at radius 2 is 1.62 bits per heavy atom. The quantitative estimate of drug-likeness (QED) is 0.227. The van der Waals surface area contributed by atoms with Gasteiger partial charge in [0.25, 0.3) is 0 Å². The van der Waals surface area contributed by atoms with Crippen LogP contribution in [0.4, 0.5) is 0 Å². The number of carboxylic acids is 1. The average Bonchev–Trinajstić information content (AvgIpc) is 3.30. The second kappa shape index (κ2) is 11.6. The van der Waals surface area contributed by atoms with E-state index in [0.717, 1.165) is 38.5 Å². The second-order valence-electron chi connectivity index (χ2n) is 14.5. The molecular weight excluding hydrogens is 538 g/mol. The summed E-state index contributed by atoms with van der Waals surface area (Å²) in [5, 5.41) is 64.6. The lowest BCUT2D eigenvalue weighted by molar-refractivity contribution is -0.223. The molecule has 4 fully saturated rings. The third-order valence-corrected chi connectivity index (χ3v) is 12.4. The number of carbonyl (C=O) groups excluding carboxylic acids is 1. The highest BCUT2D eigenvalue weighted by atomic mass is 16.4. The van der Waals surface area contributed by atoms with Gasteiger partial charge < -0.3 is 36.0 Å². The van der Waals surface area contributed by atoms with Gasteiger partial charge in [-0.3, -0.25) is 4.79 Å². The number of amides is 1. The molecule has 0 bridgehead atoms. The summed E-state index contributed by atoms with van der Waals surface area (Å²) in [7, 11) is 0. The summed E-state index contributed by atoms with van der Waals surface area (Å²) in [5.74, 6) is -0.935. The van der Waals surface area contributed by atoms with Gasteiger partial charge in [0.05, 0.1) is 18.3 Å². The second-order valence-corrected chi connectivity index (χ2v) is 14.5. The van der Waals surface area contributed by atoms with Gasteiger partial charge in [0.2, 0.25) is 5.91 Å². The van der Waals surface area contributed by atoms with Crippen molar-refractivity contribution in [2.75, 3.05) is 0 Å². The molecule has 1 aromatic carbocycles. The molecule has 4 aliphatic rings. The van der Waals surface area contributed by atoms with Crippen LogP contribution in [-0.2, 0) is 16.0 Å².